The minimum atomic E-state index is -4.83. The van der Waals surface area contributed by atoms with Crippen LogP contribution < -0.4 is 10.1 Å². The van der Waals surface area contributed by atoms with E-state index in [9.17, 15) is 22.2 Å². The maximum atomic E-state index is 13.4. The lowest BCUT2D eigenvalue weighted by molar-refractivity contribution is -0.142. The quantitative estimate of drug-likeness (QED) is 0.541. The zero-order chi connectivity index (χ0) is 23.7. The van der Waals surface area contributed by atoms with Crippen LogP contribution in [0.1, 0.15) is 27.2 Å². The molecule has 2 aromatic carbocycles. The number of hydrogen-bond acceptors (Lipinski definition) is 6. The number of ether oxygens (including phenoxy) is 1. The van der Waals surface area contributed by atoms with Gasteiger partial charge in [0.1, 0.15) is 11.3 Å². The molecular weight excluding hydrogens is 445 g/mol. The highest BCUT2D eigenvalue weighted by Crippen LogP contribution is 2.35. The lowest BCUT2D eigenvalue weighted by Crippen LogP contribution is -2.21. The Hall–Kier alpha value is -3.47. The number of alkyl halides is 3. The van der Waals surface area contributed by atoms with E-state index >= 15 is 0 Å². The lowest BCUT2D eigenvalue weighted by Gasteiger charge is -2.16. The summed E-state index contributed by atoms with van der Waals surface area (Å²) in [5.74, 6) is -1.01. The highest BCUT2D eigenvalue weighted by molar-refractivity contribution is 7.91. The van der Waals surface area contributed by atoms with Gasteiger partial charge in [-0.25, -0.2) is 8.99 Å². The molecule has 0 saturated carbocycles. The van der Waals surface area contributed by atoms with Crippen molar-refractivity contribution >= 4 is 21.3 Å². The molecule has 1 amide bonds. The monoisotopic (exact) mass is 464 g/mol. The Morgan fingerprint density at radius 2 is 1.78 bits per heavy atom. The van der Waals surface area contributed by atoms with Gasteiger partial charge >= 0.3 is 6.18 Å². The second-order valence-electron chi connectivity index (χ2n) is 7.04. The number of carbonyl (C=O) groups is 1. The Bertz CT molecular complexity index is 1290. The van der Waals surface area contributed by atoms with Gasteiger partial charge in [-0.3, -0.25) is 4.79 Å². The van der Waals surface area contributed by atoms with Gasteiger partial charge in [-0.1, -0.05) is 24.3 Å². The number of rotatable bonds is 5. The zero-order valence-electron chi connectivity index (χ0n) is 17.3. The molecule has 3 rings (SSSR count). The van der Waals surface area contributed by atoms with Crippen molar-refractivity contribution in [3.8, 4) is 11.6 Å². The average Bonchev–Trinajstić information content (AvgIpc) is 2.68. The molecule has 0 bridgehead atoms. The Labute approximate surface area is 182 Å². The first kappa shape index (κ1) is 23.2. The highest BCUT2D eigenvalue weighted by Gasteiger charge is 2.38. The van der Waals surface area contributed by atoms with Gasteiger partial charge in [0.25, 0.3) is 11.8 Å². The van der Waals surface area contributed by atoms with Crippen molar-refractivity contribution in [2.45, 2.75) is 24.9 Å². The zero-order valence-corrected chi connectivity index (χ0v) is 18.1. The minimum absolute atomic E-state index is 0.154. The number of carbonyl (C=O) groups excluding carboxylic acids is 1. The molecule has 1 unspecified atom stereocenters. The number of nitrogens with zero attached hydrogens (tertiary/aromatic N) is 2. The van der Waals surface area contributed by atoms with Gasteiger partial charge in [-0.15, -0.1) is 10.2 Å². The Morgan fingerprint density at radius 1 is 1.09 bits per heavy atom. The number of hydrogen-bond donors (Lipinski definition) is 2. The van der Waals surface area contributed by atoms with Crippen LogP contribution in [0.15, 0.2) is 53.4 Å². The van der Waals surface area contributed by atoms with Crippen LogP contribution in [0.25, 0.3) is 0 Å². The topological polar surface area (TPSA) is 105 Å². The van der Waals surface area contributed by atoms with Gasteiger partial charge < -0.3 is 10.1 Å². The second-order valence-corrected chi connectivity index (χ2v) is 9.20. The van der Waals surface area contributed by atoms with Crippen molar-refractivity contribution in [3.63, 3.8) is 0 Å². The molecule has 3 aromatic rings. The SMILES string of the molecule is Cc1ccccc1Oc1nnc(C(F)(F)F)c(C)c1C(=O)Nc1cccc(S(C)(=N)=O)c1. The third-order valence-electron chi connectivity index (χ3n) is 4.52. The summed E-state index contributed by atoms with van der Waals surface area (Å²) in [5.41, 5.74) is -1.37. The van der Waals surface area contributed by atoms with Gasteiger partial charge in [-0.05, 0) is 49.2 Å². The predicted octanol–water partition coefficient (Wildman–Crippen LogP) is 5.19. The van der Waals surface area contributed by atoms with Gasteiger partial charge in [-0.2, -0.15) is 13.2 Å². The molecule has 0 spiro atoms. The summed E-state index contributed by atoms with van der Waals surface area (Å²) in [6.45, 7) is 2.84. The summed E-state index contributed by atoms with van der Waals surface area (Å²) >= 11 is 0. The number of anilines is 1. The van der Waals surface area contributed by atoms with E-state index in [1.807, 2.05) is 0 Å². The van der Waals surface area contributed by atoms with Gasteiger partial charge in [0, 0.05) is 16.8 Å². The summed E-state index contributed by atoms with van der Waals surface area (Å²) in [5, 5.41) is 9.23. The van der Waals surface area contributed by atoms with Crippen molar-refractivity contribution in [3.05, 3.63) is 70.9 Å². The second kappa shape index (κ2) is 8.58. The van der Waals surface area contributed by atoms with Crippen molar-refractivity contribution in [1.29, 1.82) is 4.78 Å². The van der Waals surface area contributed by atoms with Crippen LogP contribution in [0.2, 0.25) is 0 Å². The smallest absolute Gasteiger partial charge is 0.435 e. The first-order valence-electron chi connectivity index (χ1n) is 9.21. The van der Waals surface area contributed by atoms with E-state index in [-0.39, 0.29) is 10.6 Å². The first-order valence-corrected chi connectivity index (χ1v) is 11.2. The standard InChI is InChI=1S/C21H19F3N4O3S/c1-12-7-4-5-10-16(12)31-20-17(13(2)18(27-28-20)21(22,23)24)19(29)26-14-8-6-9-15(11-14)32(3,25)30/h4-11,25H,1-3H3,(H,26,29). The summed E-state index contributed by atoms with van der Waals surface area (Å²) in [4.78, 5) is 13.2. The fourth-order valence-corrected chi connectivity index (χ4v) is 3.58. The average molecular weight is 464 g/mol. The number of benzene rings is 2. The molecule has 0 saturated heterocycles. The van der Waals surface area contributed by atoms with Crippen LogP contribution in [-0.4, -0.2) is 26.6 Å². The van der Waals surface area contributed by atoms with E-state index in [1.54, 1.807) is 31.2 Å². The number of aryl methyl sites for hydroxylation is 1. The van der Waals surface area contributed by atoms with Crippen molar-refractivity contribution in [2.75, 3.05) is 11.6 Å². The van der Waals surface area contributed by atoms with Gasteiger partial charge in [0.2, 0.25) is 0 Å². The number of nitrogens with one attached hydrogen (secondary N) is 2. The summed E-state index contributed by atoms with van der Waals surface area (Å²) < 4.78 is 65.5. The number of amides is 1. The Morgan fingerprint density at radius 3 is 2.41 bits per heavy atom. The van der Waals surface area contributed by atoms with Crippen molar-refractivity contribution in [2.24, 2.45) is 0 Å². The number of halogens is 3. The third-order valence-corrected chi connectivity index (χ3v) is 5.68. The Kier molecular flexibility index (Phi) is 6.22. The van der Waals surface area contributed by atoms with Crippen LogP contribution in [0.4, 0.5) is 18.9 Å². The van der Waals surface area contributed by atoms with Crippen LogP contribution >= 0.6 is 0 Å². The molecule has 2 N–H and O–H groups in total. The lowest BCUT2D eigenvalue weighted by atomic mass is 10.1. The molecule has 11 heteroatoms. The molecule has 1 heterocycles. The van der Waals surface area contributed by atoms with Gasteiger partial charge in [0.05, 0.1) is 9.73 Å². The van der Waals surface area contributed by atoms with Crippen LogP contribution in [0.5, 0.6) is 11.6 Å². The van der Waals surface area contributed by atoms with Crippen molar-refractivity contribution in [1.82, 2.24) is 10.2 Å². The molecule has 32 heavy (non-hydrogen) atoms. The van der Waals surface area contributed by atoms with Crippen LogP contribution in [0, 0.1) is 18.6 Å². The number of para-hydroxylation sites is 1. The number of aromatic nitrogens is 2. The molecule has 1 atom stereocenters. The molecule has 0 aliphatic rings. The third kappa shape index (κ3) is 5.05. The fraction of sp³-hybridized carbons (Fsp3) is 0.190. The minimum Gasteiger partial charge on any atom is -0.437 e. The van der Waals surface area contributed by atoms with Crippen LogP contribution in [-0.2, 0) is 15.9 Å². The predicted molar refractivity (Wildman–Crippen MR) is 112 cm³/mol. The summed E-state index contributed by atoms with van der Waals surface area (Å²) in [7, 11) is -3.06. The molecule has 0 fully saturated rings. The van der Waals surface area contributed by atoms with E-state index in [0.717, 1.165) is 6.92 Å². The van der Waals surface area contributed by atoms with Gasteiger partial charge in [0.15, 0.2) is 5.69 Å². The largest absolute Gasteiger partial charge is 0.437 e. The molecule has 0 aliphatic carbocycles. The van der Waals surface area contributed by atoms with Crippen LogP contribution in [0.3, 0.4) is 0 Å². The molecule has 1 aromatic heterocycles. The van der Waals surface area contributed by atoms with Crippen molar-refractivity contribution < 1.29 is 26.9 Å². The van der Waals surface area contributed by atoms with E-state index in [4.69, 9.17) is 9.52 Å². The highest BCUT2D eigenvalue weighted by atomic mass is 32.2. The molecule has 7 nitrogen and oxygen atoms in total. The summed E-state index contributed by atoms with van der Waals surface area (Å²) in [6.07, 6.45) is -3.61. The first-order chi connectivity index (χ1) is 14.9. The summed E-state index contributed by atoms with van der Waals surface area (Å²) in [6, 6.07) is 12.5. The molecule has 168 valence electrons. The van der Waals surface area contributed by atoms with E-state index in [0.29, 0.717) is 11.3 Å². The maximum absolute atomic E-state index is 13.4. The van der Waals surface area contributed by atoms with E-state index < -0.39 is 44.5 Å². The normalized spacial score (nSPS) is 13.3. The molecule has 0 radical (unpaired) electrons. The molecular formula is C21H19F3N4O3S. The molecule has 0 aliphatic heterocycles. The Balaban J connectivity index is 2.08. The maximum Gasteiger partial charge on any atom is 0.435 e. The van der Waals surface area contributed by atoms with E-state index in [1.165, 1.54) is 30.5 Å². The fourth-order valence-electron chi connectivity index (χ4n) is 2.89. The van der Waals surface area contributed by atoms with E-state index in [2.05, 4.69) is 15.5 Å².